The third kappa shape index (κ3) is 4.47. The lowest BCUT2D eigenvalue weighted by Crippen LogP contribution is -1.98. The van der Waals surface area contributed by atoms with Gasteiger partial charge < -0.3 is 0 Å². The van der Waals surface area contributed by atoms with Gasteiger partial charge in [0, 0.05) is 0 Å². The van der Waals surface area contributed by atoms with Gasteiger partial charge in [-0.25, -0.2) is 0 Å². The molecule has 2 aliphatic carbocycles. The van der Waals surface area contributed by atoms with E-state index in [0.717, 1.165) is 17.8 Å². The molecule has 0 radical (unpaired) electrons. The number of hydrogen-bond donors (Lipinski definition) is 0. The minimum Gasteiger partial charge on any atom is -0.0625 e. The molecule has 0 heteroatoms. The van der Waals surface area contributed by atoms with E-state index in [4.69, 9.17) is 0 Å². The number of fused-ring (bicyclic) bond motifs is 1. The summed E-state index contributed by atoms with van der Waals surface area (Å²) < 4.78 is 0. The van der Waals surface area contributed by atoms with Crippen molar-refractivity contribution in [3.8, 4) is 0 Å². The molecule has 16 heavy (non-hydrogen) atoms. The molecule has 0 aromatic heterocycles. The van der Waals surface area contributed by atoms with Gasteiger partial charge in [0.2, 0.25) is 0 Å². The molecule has 3 unspecified atom stereocenters. The predicted molar refractivity (Wildman–Crippen MR) is 71.5 cm³/mol. The molecule has 2 fully saturated rings. The highest BCUT2D eigenvalue weighted by atomic mass is 14.4. The smallest absolute Gasteiger partial charge is 0.0380 e. The van der Waals surface area contributed by atoms with Crippen LogP contribution >= 0.6 is 0 Å². The molecule has 0 saturated heterocycles. The summed E-state index contributed by atoms with van der Waals surface area (Å²) in [5.74, 6) is 3.29. The van der Waals surface area contributed by atoms with Crippen LogP contribution in [0.4, 0.5) is 0 Å². The molecule has 0 aromatic carbocycles. The van der Waals surface area contributed by atoms with E-state index in [2.05, 4.69) is 6.92 Å². The molecule has 0 amide bonds. The average molecular weight is 222 g/mol. The summed E-state index contributed by atoms with van der Waals surface area (Å²) in [6.45, 7) is 2.49. The zero-order valence-electron chi connectivity index (χ0n) is 11.2. The highest BCUT2D eigenvalue weighted by Crippen LogP contribution is 2.47. The van der Waals surface area contributed by atoms with Gasteiger partial charge in [-0.05, 0) is 30.6 Å². The first-order valence-corrected chi connectivity index (χ1v) is 7.86. The summed E-state index contributed by atoms with van der Waals surface area (Å²) in [4.78, 5) is 0. The van der Waals surface area contributed by atoms with Gasteiger partial charge in [0.05, 0.1) is 0 Å². The summed E-state index contributed by atoms with van der Waals surface area (Å²) in [6, 6.07) is 0. The molecule has 0 heterocycles. The maximum atomic E-state index is 2.49. The van der Waals surface area contributed by atoms with Gasteiger partial charge in [-0.2, -0.15) is 0 Å². The Balaban J connectivity index is 1.68. The minimum atomic E-state index is 1.01. The van der Waals surface area contributed by atoms with Gasteiger partial charge in [0.25, 0.3) is 0 Å². The molecule has 0 aromatic rings. The molecular formula is C16H30. The van der Waals surface area contributed by atoms with Crippen LogP contribution in [0.2, 0.25) is 0 Å². The van der Waals surface area contributed by atoms with Crippen LogP contribution in [0.5, 0.6) is 0 Å². The molecule has 2 saturated carbocycles. The van der Waals surface area contributed by atoms with E-state index in [0.29, 0.717) is 0 Å². The fourth-order valence-corrected chi connectivity index (χ4v) is 3.55. The van der Waals surface area contributed by atoms with Crippen LogP contribution in [-0.2, 0) is 0 Å². The van der Waals surface area contributed by atoms with Crippen LogP contribution in [0.15, 0.2) is 0 Å². The second-order valence-corrected chi connectivity index (χ2v) is 6.50. The van der Waals surface area contributed by atoms with Gasteiger partial charge in [0.15, 0.2) is 0 Å². The monoisotopic (exact) mass is 222 g/mol. The first-order valence-electron chi connectivity index (χ1n) is 7.86. The van der Waals surface area contributed by atoms with E-state index in [1.54, 1.807) is 19.3 Å². The average Bonchev–Trinajstić information content (AvgIpc) is 2.99. The molecule has 2 rings (SSSR count). The molecule has 0 nitrogen and oxygen atoms in total. The fourth-order valence-electron chi connectivity index (χ4n) is 3.55. The largest absolute Gasteiger partial charge is 0.0625 e. The predicted octanol–water partition coefficient (Wildman–Crippen LogP) is 5.56. The van der Waals surface area contributed by atoms with E-state index < -0.39 is 0 Å². The van der Waals surface area contributed by atoms with Crippen molar-refractivity contribution in [2.24, 2.45) is 17.8 Å². The Morgan fingerprint density at radius 3 is 1.81 bits per heavy atom. The first-order chi connectivity index (χ1) is 7.86. The second kappa shape index (κ2) is 6.67. The van der Waals surface area contributed by atoms with Crippen LogP contribution in [0.25, 0.3) is 0 Å². The van der Waals surface area contributed by atoms with Crippen molar-refractivity contribution >= 4 is 0 Å². The van der Waals surface area contributed by atoms with Gasteiger partial charge in [-0.3, -0.25) is 0 Å². The lowest BCUT2D eigenvalue weighted by molar-refractivity contribution is 0.411. The Hall–Kier alpha value is 0. The Labute approximate surface area is 102 Å². The van der Waals surface area contributed by atoms with Gasteiger partial charge in [0.1, 0.15) is 0 Å². The van der Waals surface area contributed by atoms with Crippen molar-refractivity contribution in [2.75, 3.05) is 0 Å². The normalized spacial score (nSPS) is 38.4. The van der Waals surface area contributed by atoms with Gasteiger partial charge in [-0.1, -0.05) is 71.1 Å². The van der Waals surface area contributed by atoms with Crippen molar-refractivity contribution in [3.05, 3.63) is 0 Å². The lowest BCUT2D eigenvalue weighted by atomic mass is 9.94. The quantitative estimate of drug-likeness (QED) is 0.503. The SMILES string of the molecule is CC1CCCCCCCCCCC2CC2C1. The van der Waals surface area contributed by atoms with Gasteiger partial charge >= 0.3 is 0 Å². The molecule has 2 aliphatic rings. The Morgan fingerprint density at radius 1 is 0.562 bits per heavy atom. The van der Waals surface area contributed by atoms with Crippen LogP contribution in [0.3, 0.4) is 0 Å². The lowest BCUT2D eigenvalue weighted by Gasteiger charge is -2.11. The molecule has 94 valence electrons. The third-order valence-electron chi connectivity index (χ3n) is 4.80. The third-order valence-corrected chi connectivity index (χ3v) is 4.80. The standard InChI is InChI=1S/C16H30/c1-14-10-8-6-4-2-3-5-7-9-11-15-13-16(15)12-14/h14-16H,2-13H2,1H3. The maximum Gasteiger partial charge on any atom is -0.0380 e. The van der Waals surface area contributed by atoms with Crippen LogP contribution < -0.4 is 0 Å². The molecular weight excluding hydrogens is 192 g/mol. The molecule has 0 bridgehead atoms. The number of hydrogen-bond acceptors (Lipinski definition) is 0. The van der Waals surface area contributed by atoms with E-state index in [1.165, 1.54) is 57.8 Å². The Kier molecular flexibility index (Phi) is 5.19. The molecule has 0 N–H and O–H groups in total. The van der Waals surface area contributed by atoms with Crippen LogP contribution in [-0.4, -0.2) is 0 Å². The van der Waals surface area contributed by atoms with E-state index in [-0.39, 0.29) is 0 Å². The van der Waals surface area contributed by atoms with E-state index in [1.807, 2.05) is 0 Å². The van der Waals surface area contributed by atoms with E-state index in [9.17, 15) is 0 Å². The maximum absolute atomic E-state index is 2.49. The molecule has 3 atom stereocenters. The Morgan fingerprint density at radius 2 is 1.12 bits per heavy atom. The summed E-state index contributed by atoms with van der Waals surface area (Å²) >= 11 is 0. The number of rotatable bonds is 0. The summed E-state index contributed by atoms with van der Waals surface area (Å²) in [6.07, 6.45) is 18.2. The van der Waals surface area contributed by atoms with Crippen molar-refractivity contribution in [1.82, 2.24) is 0 Å². The van der Waals surface area contributed by atoms with Gasteiger partial charge in [-0.15, -0.1) is 0 Å². The van der Waals surface area contributed by atoms with E-state index >= 15 is 0 Å². The summed E-state index contributed by atoms with van der Waals surface area (Å²) in [5.41, 5.74) is 0. The minimum absolute atomic E-state index is 1.01. The molecule has 0 spiro atoms. The summed E-state index contributed by atoms with van der Waals surface area (Å²) in [7, 11) is 0. The highest BCUT2D eigenvalue weighted by molar-refractivity contribution is 4.87. The zero-order valence-corrected chi connectivity index (χ0v) is 11.2. The zero-order chi connectivity index (χ0) is 11.2. The van der Waals surface area contributed by atoms with Crippen molar-refractivity contribution in [3.63, 3.8) is 0 Å². The van der Waals surface area contributed by atoms with Crippen LogP contribution in [0.1, 0.15) is 84.0 Å². The van der Waals surface area contributed by atoms with Crippen molar-refractivity contribution in [2.45, 2.75) is 84.0 Å². The van der Waals surface area contributed by atoms with Crippen molar-refractivity contribution in [1.29, 1.82) is 0 Å². The first kappa shape index (κ1) is 12.5. The molecule has 0 aliphatic heterocycles. The topological polar surface area (TPSA) is 0 Å². The summed E-state index contributed by atoms with van der Waals surface area (Å²) in [5, 5.41) is 0. The second-order valence-electron chi connectivity index (χ2n) is 6.50. The van der Waals surface area contributed by atoms with Crippen molar-refractivity contribution < 1.29 is 0 Å². The van der Waals surface area contributed by atoms with Crippen LogP contribution in [0, 0.1) is 17.8 Å². The fraction of sp³-hybridized carbons (Fsp3) is 1.00. The Bertz CT molecular complexity index is 184. The highest BCUT2D eigenvalue weighted by Gasteiger charge is 2.36.